The lowest BCUT2D eigenvalue weighted by Gasteiger charge is -2.22. The monoisotopic (exact) mass is 368 g/mol. The summed E-state index contributed by atoms with van der Waals surface area (Å²) in [6.45, 7) is 2.48. The molecule has 7 heteroatoms. The van der Waals surface area contributed by atoms with E-state index in [2.05, 4.69) is 0 Å². The van der Waals surface area contributed by atoms with Gasteiger partial charge in [-0.05, 0) is 24.6 Å². The summed E-state index contributed by atoms with van der Waals surface area (Å²) in [5.74, 6) is -0.958. The van der Waals surface area contributed by atoms with Crippen LogP contribution in [0.25, 0.3) is 0 Å². The van der Waals surface area contributed by atoms with Crippen LogP contribution in [0, 0.1) is 10.1 Å². The maximum Gasteiger partial charge on any atom is 0.269 e. The zero-order chi connectivity index (χ0) is 19.6. The van der Waals surface area contributed by atoms with Crippen LogP contribution in [0.2, 0.25) is 0 Å². The first-order valence-corrected chi connectivity index (χ1v) is 8.80. The number of nitrogens with zero attached hydrogens (tertiary/aromatic N) is 2. The van der Waals surface area contributed by atoms with Gasteiger partial charge in [0.15, 0.2) is 11.4 Å². The summed E-state index contributed by atoms with van der Waals surface area (Å²) in [6.07, 6.45) is 1.27. The molecule has 0 fully saturated rings. The number of hydrogen-bond acceptors (Lipinski definition) is 5. The van der Waals surface area contributed by atoms with Crippen molar-refractivity contribution in [3.8, 4) is 0 Å². The Morgan fingerprint density at radius 3 is 2.48 bits per heavy atom. The van der Waals surface area contributed by atoms with Crippen molar-refractivity contribution in [2.45, 2.75) is 31.8 Å². The van der Waals surface area contributed by atoms with Crippen molar-refractivity contribution < 1.29 is 19.6 Å². The van der Waals surface area contributed by atoms with Crippen LogP contribution in [0.1, 0.15) is 42.1 Å². The molecule has 1 aliphatic heterocycles. The Hall–Kier alpha value is -3.06. The number of Topliss-reactive ketones (excluding diaryl/α,β-unsaturated/α-hetero) is 1. The molecule has 0 aliphatic carbocycles. The third kappa shape index (κ3) is 3.33. The highest BCUT2D eigenvalue weighted by atomic mass is 16.6. The lowest BCUT2D eigenvalue weighted by Crippen LogP contribution is -2.42. The van der Waals surface area contributed by atoms with Gasteiger partial charge in [0.1, 0.15) is 0 Å². The molecule has 1 atom stereocenters. The van der Waals surface area contributed by atoms with E-state index in [1.165, 1.54) is 29.2 Å². The molecule has 27 heavy (non-hydrogen) atoms. The van der Waals surface area contributed by atoms with Gasteiger partial charge in [0.25, 0.3) is 11.6 Å². The number of para-hydroxylation sites is 1. The summed E-state index contributed by atoms with van der Waals surface area (Å²) in [5, 5.41) is 21.9. The molecule has 2 aromatic carbocycles. The second-order valence-electron chi connectivity index (χ2n) is 6.59. The summed E-state index contributed by atoms with van der Waals surface area (Å²) in [4.78, 5) is 37.3. The summed E-state index contributed by atoms with van der Waals surface area (Å²) in [7, 11) is 0. The average Bonchev–Trinajstić information content (AvgIpc) is 2.88. The van der Waals surface area contributed by atoms with Gasteiger partial charge in [-0.3, -0.25) is 19.7 Å². The quantitative estimate of drug-likeness (QED) is 0.459. The van der Waals surface area contributed by atoms with E-state index in [1.54, 1.807) is 24.3 Å². The molecule has 1 amide bonds. The molecule has 3 rings (SSSR count). The number of nitro benzene ring substituents is 1. The van der Waals surface area contributed by atoms with Gasteiger partial charge in [0, 0.05) is 29.8 Å². The molecule has 7 nitrogen and oxygen atoms in total. The molecule has 2 aromatic rings. The van der Waals surface area contributed by atoms with Crippen molar-refractivity contribution in [1.82, 2.24) is 0 Å². The maximum absolute atomic E-state index is 12.9. The highest BCUT2D eigenvalue weighted by molar-refractivity contribution is 6.10. The Bertz CT molecular complexity index is 894. The zero-order valence-corrected chi connectivity index (χ0v) is 14.9. The van der Waals surface area contributed by atoms with Crippen LogP contribution in [0.3, 0.4) is 0 Å². The third-order valence-electron chi connectivity index (χ3n) is 4.79. The number of benzene rings is 2. The minimum absolute atomic E-state index is 0.127. The fraction of sp³-hybridized carbons (Fsp3) is 0.300. The number of carbonyl (C=O) groups is 2. The molecule has 0 spiro atoms. The molecule has 0 aromatic heterocycles. The number of amides is 1. The highest BCUT2D eigenvalue weighted by Gasteiger charge is 2.50. The van der Waals surface area contributed by atoms with Gasteiger partial charge in [-0.25, -0.2) is 0 Å². The van der Waals surface area contributed by atoms with Crippen molar-refractivity contribution in [1.29, 1.82) is 0 Å². The van der Waals surface area contributed by atoms with E-state index in [0.29, 0.717) is 17.8 Å². The average molecular weight is 368 g/mol. The fourth-order valence-corrected chi connectivity index (χ4v) is 3.32. The van der Waals surface area contributed by atoms with Crippen molar-refractivity contribution in [2.24, 2.45) is 0 Å². The number of ketones is 1. The largest absolute Gasteiger partial charge is 0.375 e. The van der Waals surface area contributed by atoms with Gasteiger partial charge >= 0.3 is 0 Å². The lowest BCUT2D eigenvalue weighted by molar-refractivity contribution is -0.384. The first-order chi connectivity index (χ1) is 12.9. The maximum atomic E-state index is 12.9. The van der Waals surface area contributed by atoms with E-state index < -0.39 is 28.6 Å². The summed E-state index contributed by atoms with van der Waals surface area (Å²) in [6, 6.07) is 12.1. The van der Waals surface area contributed by atoms with E-state index in [4.69, 9.17) is 0 Å². The minimum atomic E-state index is -1.93. The van der Waals surface area contributed by atoms with Gasteiger partial charge in [0.05, 0.1) is 17.0 Å². The molecule has 0 saturated heterocycles. The Balaban J connectivity index is 1.89. The van der Waals surface area contributed by atoms with Gasteiger partial charge in [-0.15, -0.1) is 0 Å². The van der Waals surface area contributed by atoms with Crippen LogP contribution in [-0.2, 0) is 10.4 Å². The Kier molecular flexibility index (Phi) is 5.05. The van der Waals surface area contributed by atoms with Crippen LogP contribution in [-0.4, -0.2) is 28.3 Å². The molecular weight excluding hydrogens is 348 g/mol. The number of aliphatic hydroxyl groups is 1. The number of rotatable bonds is 7. The molecule has 0 radical (unpaired) electrons. The molecule has 140 valence electrons. The predicted octanol–water partition coefficient (Wildman–Crippen LogP) is 3.20. The minimum Gasteiger partial charge on any atom is -0.375 e. The Morgan fingerprint density at radius 1 is 1.19 bits per heavy atom. The summed E-state index contributed by atoms with van der Waals surface area (Å²) < 4.78 is 0. The second kappa shape index (κ2) is 7.28. The van der Waals surface area contributed by atoms with Crippen LogP contribution < -0.4 is 4.90 Å². The number of nitro groups is 1. The summed E-state index contributed by atoms with van der Waals surface area (Å²) >= 11 is 0. The molecule has 1 heterocycles. The number of carbonyl (C=O) groups excluding carboxylic acids is 2. The molecular formula is C20H20N2O5. The topological polar surface area (TPSA) is 101 Å². The normalized spacial score (nSPS) is 18.4. The second-order valence-corrected chi connectivity index (χ2v) is 6.59. The molecule has 0 bridgehead atoms. The van der Waals surface area contributed by atoms with Crippen molar-refractivity contribution in [2.75, 3.05) is 11.4 Å². The highest BCUT2D eigenvalue weighted by Crippen LogP contribution is 2.42. The standard InChI is InChI=1S/C20H20N2O5/c1-2-3-12-21-17-7-5-4-6-16(17)20(25,19(21)24)13-18(23)14-8-10-15(11-9-14)22(26)27/h4-11,25H,2-3,12-13H2,1H3/t20-/m1/s1. The fourth-order valence-electron chi connectivity index (χ4n) is 3.32. The smallest absolute Gasteiger partial charge is 0.269 e. The molecule has 0 unspecified atom stereocenters. The van der Waals surface area contributed by atoms with Crippen LogP contribution in [0.5, 0.6) is 0 Å². The third-order valence-corrected chi connectivity index (χ3v) is 4.79. The van der Waals surface area contributed by atoms with Gasteiger partial charge in [-0.2, -0.15) is 0 Å². The van der Waals surface area contributed by atoms with Crippen LogP contribution in [0.4, 0.5) is 11.4 Å². The zero-order valence-electron chi connectivity index (χ0n) is 14.9. The molecule has 1 aliphatic rings. The molecule has 1 N–H and O–H groups in total. The van der Waals surface area contributed by atoms with Crippen LogP contribution >= 0.6 is 0 Å². The number of unbranched alkanes of at least 4 members (excludes halogenated alkanes) is 1. The Labute approximate surface area is 156 Å². The van der Waals surface area contributed by atoms with Gasteiger partial charge in [-0.1, -0.05) is 31.5 Å². The first kappa shape index (κ1) is 18.7. The van der Waals surface area contributed by atoms with E-state index >= 15 is 0 Å². The first-order valence-electron chi connectivity index (χ1n) is 8.80. The van der Waals surface area contributed by atoms with E-state index in [-0.39, 0.29) is 11.3 Å². The van der Waals surface area contributed by atoms with Crippen molar-refractivity contribution in [3.63, 3.8) is 0 Å². The summed E-state index contributed by atoms with van der Waals surface area (Å²) in [5.41, 5.74) is -0.802. The number of anilines is 1. The number of non-ortho nitro benzene ring substituents is 1. The van der Waals surface area contributed by atoms with Gasteiger partial charge < -0.3 is 10.0 Å². The Morgan fingerprint density at radius 2 is 1.85 bits per heavy atom. The molecule has 0 saturated carbocycles. The van der Waals surface area contributed by atoms with Crippen molar-refractivity contribution in [3.05, 3.63) is 69.8 Å². The lowest BCUT2D eigenvalue weighted by atomic mass is 9.88. The van der Waals surface area contributed by atoms with E-state index in [9.17, 15) is 24.8 Å². The number of hydrogen-bond donors (Lipinski definition) is 1. The van der Waals surface area contributed by atoms with Crippen LogP contribution in [0.15, 0.2) is 48.5 Å². The van der Waals surface area contributed by atoms with Crippen molar-refractivity contribution >= 4 is 23.1 Å². The van der Waals surface area contributed by atoms with E-state index in [1.807, 2.05) is 6.92 Å². The SMILES string of the molecule is CCCCN1C(=O)[C@@](O)(CC(=O)c2ccc([N+](=O)[O-])cc2)c2ccccc21. The van der Waals surface area contributed by atoms with Gasteiger partial charge in [0.2, 0.25) is 0 Å². The van der Waals surface area contributed by atoms with E-state index in [0.717, 1.165) is 12.8 Å². The predicted molar refractivity (Wildman–Crippen MR) is 99.6 cm³/mol. The number of fused-ring (bicyclic) bond motifs is 1.